The Labute approximate surface area is 258 Å². The van der Waals surface area contributed by atoms with Gasteiger partial charge in [0.2, 0.25) is 0 Å². The van der Waals surface area contributed by atoms with Crippen LogP contribution in [-0.4, -0.2) is 32.7 Å². The molecule has 2 rings (SSSR count). The maximum atomic E-state index is 6.09. The smallest absolute Gasteiger partial charge is 0.157 e. The summed E-state index contributed by atoms with van der Waals surface area (Å²) in [6.07, 6.45) is 6.31. The van der Waals surface area contributed by atoms with E-state index in [1.165, 1.54) is 24.0 Å². The molecule has 4 nitrogen and oxygen atoms in total. The third-order valence-electron chi connectivity index (χ3n) is 7.57. The van der Waals surface area contributed by atoms with Gasteiger partial charge < -0.3 is 18.9 Å². The molecule has 0 saturated carbocycles. The first-order valence-electron chi connectivity index (χ1n) is 16.2. The third-order valence-corrected chi connectivity index (χ3v) is 7.57. The highest BCUT2D eigenvalue weighted by atomic mass is 16.7. The molecule has 238 valence electrons. The fourth-order valence-corrected chi connectivity index (χ4v) is 6.31. The Balaban J connectivity index is 1.78. The Kier molecular flexibility index (Phi) is 13.9. The van der Waals surface area contributed by atoms with Crippen molar-refractivity contribution in [1.82, 2.24) is 0 Å². The molecule has 42 heavy (non-hydrogen) atoms. The third kappa shape index (κ3) is 14.0. The van der Waals surface area contributed by atoms with E-state index in [4.69, 9.17) is 18.9 Å². The number of hydrogen-bond acceptors (Lipinski definition) is 4. The van der Waals surface area contributed by atoms with Gasteiger partial charge in [-0.15, -0.1) is 0 Å². The molecule has 0 aliphatic heterocycles. The fraction of sp³-hybridized carbons (Fsp3) is 0.684. The van der Waals surface area contributed by atoms with Crippen molar-refractivity contribution in [3.63, 3.8) is 0 Å². The number of benzene rings is 2. The monoisotopic (exact) mass is 582 g/mol. The highest BCUT2D eigenvalue weighted by molar-refractivity contribution is 5.32. The van der Waals surface area contributed by atoms with Gasteiger partial charge in [0.15, 0.2) is 6.29 Å². The molecule has 0 radical (unpaired) electrons. The highest BCUT2D eigenvalue weighted by Crippen LogP contribution is 2.37. The normalized spacial score (nSPS) is 13.0. The van der Waals surface area contributed by atoms with Gasteiger partial charge in [-0.1, -0.05) is 113 Å². The van der Waals surface area contributed by atoms with Gasteiger partial charge in [0.1, 0.15) is 24.7 Å². The lowest BCUT2D eigenvalue weighted by Gasteiger charge is -2.33. The predicted molar refractivity (Wildman–Crippen MR) is 178 cm³/mol. The number of rotatable bonds is 18. The maximum Gasteiger partial charge on any atom is 0.157 e. The summed E-state index contributed by atoms with van der Waals surface area (Å²) in [5.74, 6) is 1.75. The van der Waals surface area contributed by atoms with E-state index in [1.54, 1.807) is 0 Å². The van der Waals surface area contributed by atoms with Crippen molar-refractivity contribution in [2.24, 2.45) is 10.8 Å². The molecule has 0 aliphatic carbocycles. The van der Waals surface area contributed by atoms with Crippen molar-refractivity contribution < 1.29 is 18.9 Å². The lowest BCUT2D eigenvalue weighted by atomic mass is 9.72. The second kappa shape index (κ2) is 16.1. The van der Waals surface area contributed by atoms with Gasteiger partial charge in [-0.2, -0.15) is 0 Å². The molecule has 0 saturated heterocycles. The summed E-state index contributed by atoms with van der Waals surface area (Å²) in [5.41, 5.74) is 3.50. The molecule has 0 atom stereocenters. The molecule has 0 N–H and O–H groups in total. The fourth-order valence-electron chi connectivity index (χ4n) is 6.31. The van der Waals surface area contributed by atoms with E-state index in [1.807, 2.05) is 0 Å². The van der Waals surface area contributed by atoms with Gasteiger partial charge in [-0.25, -0.2) is 0 Å². The Morgan fingerprint density at radius 3 is 1.24 bits per heavy atom. The Morgan fingerprint density at radius 2 is 0.905 bits per heavy atom. The number of unbranched alkanes of at least 4 members (excludes halogenated alkanes) is 2. The van der Waals surface area contributed by atoms with Crippen molar-refractivity contribution in [3.05, 3.63) is 59.7 Å². The van der Waals surface area contributed by atoms with Crippen molar-refractivity contribution in [3.8, 4) is 11.5 Å². The second-order valence-electron chi connectivity index (χ2n) is 15.7. The van der Waals surface area contributed by atoms with E-state index in [0.717, 1.165) is 37.2 Å². The molecular formula is C38H62O4. The van der Waals surface area contributed by atoms with Crippen molar-refractivity contribution in [2.45, 2.75) is 132 Å². The van der Waals surface area contributed by atoms with Crippen LogP contribution in [0.4, 0.5) is 0 Å². The van der Waals surface area contributed by atoms with Gasteiger partial charge in [-0.3, -0.25) is 0 Å². The molecule has 0 unspecified atom stereocenters. The van der Waals surface area contributed by atoms with Crippen LogP contribution in [0.5, 0.6) is 11.5 Å². The molecule has 2 aromatic carbocycles. The topological polar surface area (TPSA) is 36.9 Å². The zero-order valence-electron chi connectivity index (χ0n) is 28.9. The molecular weight excluding hydrogens is 520 g/mol. The quantitative estimate of drug-likeness (QED) is 0.129. The lowest BCUT2D eigenvalue weighted by Crippen LogP contribution is -2.24. The Hall–Kier alpha value is -2.04. The molecule has 0 spiro atoms. The summed E-state index contributed by atoms with van der Waals surface area (Å²) < 4.78 is 24.1. The first kappa shape index (κ1) is 36.2. The van der Waals surface area contributed by atoms with Crippen LogP contribution < -0.4 is 9.47 Å². The van der Waals surface area contributed by atoms with Crippen molar-refractivity contribution >= 4 is 0 Å². The van der Waals surface area contributed by atoms with Gasteiger partial charge in [0.05, 0.1) is 13.2 Å². The van der Waals surface area contributed by atoms with Crippen LogP contribution in [0.25, 0.3) is 0 Å². The minimum atomic E-state index is -0.245. The van der Waals surface area contributed by atoms with Crippen molar-refractivity contribution in [2.75, 3.05) is 26.4 Å². The largest absolute Gasteiger partial charge is 0.491 e. The van der Waals surface area contributed by atoms with Gasteiger partial charge in [-0.05, 0) is 82.7 Å². The minimum absolute atomic E-state index is 0.124. The minimum Gasteiger partial charge on any atom is -0.491 e. The first-order valence-corrected chi connectivity index (χ1v) is 16.2. The van der Waals surface area contributed by atoms with Crippen LogP contribution >= 0.6 is 0 Å². The molecule has 4 heteroatoms. The molecule has 0 heterocycles. The van der Waals surface area contributed by atoms with Crippen LogP contribution in [0.15, 0.2) is 48.5 Å². The summed E-state index contributed by atoms with van der Waals surface area (Å²) in [5, 5.41) is 0. The van der Waals surface area contributed by atoms with E-state index in [-0.39, 0.29) is 27.9 Å². The van der Waals surface area contributed by atoms with Crippen LogP contribution in [0.2, 0.25) is 0 Å². The zero-order chi connectivity index (χ0) is 31.4. The van der Waals surface area contributed by atoms with E-state index in [0.29, 0.717) is 26.4 Å². The maximum absolute atomic E-state index is 6.09. The highest BCUT2D eigenvalue weighted by Gasteiger charge is 2.28. The summed E-state index contributed by atoms with van der Waals surface area (Å²) in [6, 6.07) is 17.1. The van der Waals surface area contributed by atoms with Gasteiger partial charge in [0.25, 0.3) is 0 Å². The standard InChI is InChI=1S/C38H62O4/c1-12-13-14-15-34(41-26-24-39-32-20-16-30(17-21-32)37(8,9)28-35(2,3)4)42-27-25-40-33-22-18-31(19-23-33)38(10,11)29-36(5,6)7/h16-23,34H,12-15,24-29H2,1-11H3. The second-order valence-corrected chi connectivity index (χ2v) is 15.7. The number of ether oxygens (including phenoxy) is 4. The molecule has 0 aromatic heterocycles. The van der Waals surface area contributed by atoms with Crippen LogP contribution in [0.3, 0.4) is 0 Å². The average Bonchev–Trinajstić information content (AvgIpc) is 2.86. The molecule has 0 fully saturated rings. The Bertz CT molecular complexity index is 928. The predicted octanol–water partition coefficient (Wildman–Crippen LogP) is 10.5. The lowest BCUT2D eigenvalue weighted by molar-refractivity contribution is -0.153. The van der Waals surface area contributed by atoms with Crippen LogP contribution in [0.1, 0.15) is 126 Å². The zero-order valence-corrected chi connectivity index (χ0v) is 28.9. The first-order chi connectivity index (χ1) is 19.5. The summed E-state index contributed by atoms with van der Waals surface area (Å²) in [4.78, 5) is 0. The molecule has 0 aliphatic rings. The molecule has 0 bridgehead atoms. The number of hydrogen-bond donors (Lipinski definition) is 0. The molecule has 2 aromatic rings. The van der Waals surface area contributed by atoms with E-state index in [2.05, 4.69) is 125 Å². The Morgan fingerprint density at radius 1 is 0.524 bits per heavy atom. The molecule has 0 amide bonds. The van der Waals surface area contributed by atoms with Crippen LogP contribution in [-0.2, 0) is 20.3 Å². The van der Waals surface area contributed by atoms with E-state index in [9.17, 15) is 0 Å². The summed E-state index contributed by atoms with van der Waals surface area (Å²) >= 11 is 0. The van der Waals surface area contributed by atoms with Crippen LogP contribution in [0, 0.1) is 10.8 Å². The summed E-state index contributed by atoms with van der Waals surface area (Å²) in [6.45, 7) is 27.2. The SMILES string of the molecule is CCCCCC(OCCOc1ccc(C(C)(C)CC(C)(C)C)cc1)OCCOc1ccc(C(C)(C)CC(C)(C)C)cc1. The van der Waals surface area contributed by atoms with Crippen molar-refractivity contribution in [1.29, 1.82) is 0 Å². The average molecular weight is 583 g/mol. The van der Waals surface area contributed by atoms with E-state index >= 15 is 0 Å². The van der Waals surface area contributed by atoms with Gasteiger partial charge >= 0.3 is 0 Å². The van der Waals surface area contributed by atoms with Gasteiger partial charge in [0, 0.05) is 0 Å². The summed E-state index contributed by atoms with van der Waals surface area (Å²) in [7, 11) is 0. The van der Waals surface area contributed by atoms with E-state index < -0.39 is 0 Å².